The van der Waals surface area contributed by atoms with Crippen molar-refractivity contribution in [2.75, 3.05) is 19.7 Å². The summed E-state index contributed by atoms with van der Waals surface area (Å²) in [5, 5.41) is 73.7. The van der Waals surface area contributed by atoms with Gasteiger partial charge in [0.2, 0.25) is 0 Å². The molecule has 19 atom stereocenters. The summed E-state index contributed by atoms with van der Waals surface area (Å²) in [6, 6.07) is 0. The second-order valence-corrected chi connectivity index (χ2v) is 20.7. The third kappa shape index (κ3) is 6.95. The van der Waals surface area contributed by atoms with Crippen molar-refractivity contribution < 1.29 is 45.5 Å². The van der Waals surface area contributed by atoms with Crippen molar-refractivity contribution in [3.05, 3.63) is 12.2 Å². The molecule has 2 unspecified atom stereocenters. The van der Waals surface area contributed by atoms with Crippen molar-refractivity contribution in [3.63, 3.8) is 0 Å². The number of fused-ring (bicyclic) bond motifs is 2. The van der Waals surface area contributed by atoms with E-state index in [0.717, 1.165) is 38.6 Å². The Hall–Kier alpha value is -1.28. The number of rotatable bonds is 10. The van der Waals surface area contributed by atoms with Gasteiger partial charge in [0.05, 0.1) is 61.0 Å². The summed E-state index contributed by atoms with van der Waals surface area (Å²) in [5.74, 6) is -0.910. The van der Waals surface area contributed by atoms with E-state index < -0.39 is 70.3 Å². The molecule has 2 heterocycles. The van der Waals surface area contributed by atoms with Crippen LogP contribution in [-0.4, -0.2) is 110 Å². The van der Waals surface area contributed by atoms with E-state index in [1.54, 1.807) is 13.8 Å². The number of nitrogens with zero attached hydrogens (tertiary/aromatic N) is 1. The lowest BCUT2D eigenvalue weighted by molar-refractivity contribution is -0.703. The van der Waals surface area contributed by atoms with Crippen LogP contribution in [0.5, 0.6) is 0 Å². The van der Waals surface area contributed by atoms with Crippen LogP contribution in [0.4, 0.5) is 0 Å². The highest BCUT2D eigenvalue weighted by molar-refractivity contribution is 6.42. The Kier molecular flexibility index (Phi) is 11.7. The molecule has 10 N–H and O–H groups in total. The molecule has 0 aromatic rings. The van der Waals surface area contributed by atoms with Crippen molar-refractivity contribution in [3.8, 4) is 0 Å². The number of carbonyl (C=O) groups excluding carboxylic acids is 1. The summed E-state index contributed by atoms with van der Waals surface area (Å²) >= 11 is 0. The van der Waals surface area contributed by atoms with Gasteiger partial charge in [0.1, 0.15) is 12.3 Å². The third-order valence-electron chi connectivity index (χ3n) is 17.0. The van der Waals surface area contributed by atoms with Crippen LogP contribution in [0.2, 0.25) is 0 Å². The van der Waals surface area contributed by atoms with Crippen molar-refractivity contribution in [2.45, 2.75) is 160 Å². The van der Waals surface area contributed by atoms with E-state index >= 15 is 4.79 Å². The number of nitrogens with two attached hydrogens (primary N) is 2. The molecule has 7 rings (SSSR count). The molecular formula is C44H74N3O8+. The van der Waals surface area contributed by atoms with Crippen LogP contribution in [0, 0.1) is 70.0 Å². The predicted octanol–water partition coefficient (Wildman–Crippen LogP) is 2.33. The van der Waals surface area contributed by atoms with Crippen molar-refractivity contribution in [2.24, 2.45) is 80.7 Å². The van der Waals surface area contributed by atoms with E-state index in [0.29, 0.717) is 50.0 Å². The van der Waals surface area contributed by atoms with Gasteiger partial charge in [-0.05, 0) is 112 Å². The fourth-order valence-electron chi connectivity index (χ4n) is 14.0. The molecule has 11 heteroatoms. The zero-order valence-electron chi connectivity index (χ0n) is 34.4. The van der Waals surface area contributed by atoms with Crippen LogP contribution in [-0.2, 0) is 9.53 Å². The van der Waals surface area contributed by atoms with Crippen LogP contribution < -0.4 is 11.1 Å². The van der Waals surface area contributed by atoms with Gasteiger partial charge >= 0.3 is 0 Å². The molecule has 6 fully saturated rings. The van der Waals surface area contributed by atoms with Gasteiger partial charge in [-0.15, -0.1) is 0 Å². The SMILES string of the molecule is CC(C)CCC[C@@H]1CO[C@@H]([C@@H](O)[C@](C)(O)[C@@H]2CC[C@]3(O)[C@H]4C(=NC[C@H](C)O)C(=O)[C@@H]5C[C@@H](O)[C@@H](O)C[C@@]56C[C@@H](C5CCC(N)[NH2+]C5)C=C[C@@H](C[C@]23C)[C@@H]46)[C@@H]1C. The number of Topliss-reactive ketones (excluding diaryl/α,β-unsaturated/α-hetero) is 1. The van der Waals surface area contributed by atoms with Crippen LogP contribution in [0.3, 0.4) is 0 Å². The summed E-state index contributed by atoms with van der Waals surface area (Å²) in [7, 11) is 0. The van der Waals surface area contributed by atoms with Gasteiger partial charge in [-0.1, -0.05) is 52.7 Å². The predicted molar refractivity (Wildman–Crippen MR) is 209 cm³/mol. The lowest BCUT2D eigenvalue weighted by Crippen LogP contribution is -2.95. The molecule has 5 aliphatic carbocycles. The third-order valence-corrected chi connectivity index (χ3v) is 17.0. The molecule has 11 nitrogen and oxygen atoms in total. The Labute approximate surface area is 329 Å². The number of hydrogen-bond acceptors (Lipinski definition) is 10. The molecule has 312 valence electrons. The smallest absolute Gasteiger partial charge is 0.180 e. The lowest BCUT2D eigenvalue weighted by atomic mass is 9.38. The molecule has 4 saturated carbocycles. The summed E-state index contributed by atoms with van der Waals surface area (Å²) in [6.45, 7) is 13.5. The van der Waals surface area contributed by atoms with E-state index in [-0.39, 0.29) is 60.7 Å². The topological polar surface area (TPSA) is 203 Å². The molecule has 0 radical (unpaired) electrons. The van der Waals surface area contributed by atoms with Gasteiger partial charge in [0, 0.05) is 29.6 Å². The highest BCUT2D eigenvalue weighted by atomic mass is 16.5. The van der Waals surface area contributed by atoms with E-state index in [9.17, 15) is 30.6 Å². The fraction of sp³-hybridized carbons (Fsp3) is 0.909. The fourth-order valence-corrected chi connectivity index (χ4v) is 14.0. The highest BCUT2D eigenvalue weighted by Gasteiger charge is 2.76. The van der Waals surface area contributed by atoms with Gasteiger partial charge in [0.25, 0.3) is 0 Å². The molecule has 0 amide bonds. The number of ketones is 1. The molecule has 55 heavy (non-hydrogen) atoms. The Morgan fingerprint density at radius 1 is 1.07 bits per heavy atom. The number of aliphatic hydroxyl groups excluding tert-OH is 4. The van der Waals surface area contributed by atoms with Crippen LogP contribution in [0.1, 0.15) is 112 Å². The number of aliphatic hydroxyl groups is 6. The first-order valence-electron chi connectivity index (χ1n) is 22.0. The van der Waals surface area contributed by atoms with E-state index in [1.807, 2.05) is 0 Å². The average molecular weight is 773 g/mol. The molecule has 0 aromatic heterocycles. The summed E-state index contributed by atoms with van der Waals surface area (Å²) in [6.07, 6.45) is 7.69. The molecule has 7 aliphatic rings. The van der Waals surface area contributed by atoms with Gasteiger partial charge in [-0.25, -0.2) is 0 Å². The standard InChI is InChI=1S/C44H73N3O8/c1-23(2)8-7-9-29-22-55-39(25(29)4)40(52)42(6,53)33-14-15-44(54)36-35-27(17-41(33,44)5)11-10-26(28-12-13-34(45)46-21-28)18-43(35)19-32(50)31(49)16-30(43)38(51)37(36)47-20-24(3)48/h10-11,23-36,39-40,46,48-50,52-54H,7-9,12-22,45H2,1-6H3/p+1/t24-,25+,26-,27-,28?,29+,30-,31+,32-,33+,34?,35-,36+,39+,40+,41+,42+,43-,44-/m0/s1. The second kappa shape index (κ2) is 15.4. The molecule has 1 spiro atoms. The molecule has 0 aromatic carbocycles. The normalized spacial score (nSPS) is 49.9. The zero-order chi connectivity index (χ0) is 39.8. The Morgan fingerprint density at radius 3 is 2.47 bits per heavy atom. The number of allylic oxidation sites excluding steroid dienone is 2. The lowest BCUT2D eigenvalue weighted by Gasteiger charge is -2.66. The number of ether oxygens (including phenoxy) is 1. The first kappa shape index (κ1) is 41.9. The number of hydrogen-bond donors (Lipinski definition) is 8. The van der Waals surface area contributed by atoms with Gasteiger partial charge < -0.3 is 40.7 Å². The van der Waals surface area contributed by atoms with E-state index in [1.165, 1.54) is 0 Å². The zero-order valence-corrected chi connectivity index (χ0v) is 34.4. The monoisotopic (exact) mass is 773 g/mol. The maximum absolute atomic E-state index is 15.1. The number of quaternary nitrogens is 1. The quantitative estimate of drug-likeness (QED) is 0.154. The largest absolute Gasteiger partial charge is 0.391 e. The summed E-state index contributed by atoms with van der Waals surface area (Å²) in [4.78, 5) is 20.0. The first-order valence-corrected chi connectivity index (χ1v) is 22.0. The Balaban J connectivity index is 1.29. The van der Waals surface area contributed by atoms with E-state index in [4.69, 9.17) is 15.5 Å². The van der Waals surface area contributed by atoms with Crippen molar-refractivity contribution in [1.82, 2.24) is 0 Å². The van der Waals surface area contributed by atoms with Crippen molar-refractivity contribution >= 4 is 11.5 Å². The van der Waals surface area contributed by atoms with Gasteiger partial charge in [-0.3, -0.25) is 15.5 Å². The van der Waals surface area contributed by atoms with Gasteiger partial charge in [-0.2, -0.15) is 0 Å². The van der Waals surface area contributed by atoms with Crippen molar-refractivity contribution in [1.29, 1.82) is 0 Å². The Morgan fingerprint density at radius 2 is 1.80 bits per heavy atom. The van der Waals surface area contributed by atoms with Crippen LogP contribution in [0.15, 0.2) is 17.1 Å². The number of aliphatic imine (C=N–C) groups is 1. The Bertz CT molecular complexity index is 1460. The molecule has 0 bridgehead atoms. The molecule has 2 saturated heterocycles. The molecular weight excluding hydrogens is 698 g/mol. The minimum Gasteiger partial charge on any atom is -0.391 e. The second-order valence-electron chi connectivity index (χ2n) is 20.7. The van der Waals surface area contributed by atoms with E-state index in [2.05, 4.69) is 45.2 Å². The molecule has 2 aliphatic heterocycles. The maximum atomic E-state index is 15.1. The van der Waals surface area contributed by atoms with Gasteiger partial charge in [0.15, 0.2) is 5.78 Å². The van der Waals surface area contributed by atoms with Crippen LogP contribution >= 0.6 is 0 Å². The highest BCUT2D eigenvalue weighted by Crippen LogP contribution is 2.73. The minimum absolute atomic E-state index is 0.0123. The summed E-state index contributed by atoms with van der Waals surface area (Å²) < 4.78 is 6.32. The van der Waals surface area contributed by atoms with Crippen LogP contribution in [0.25, 0.3) is 0 Å². The first-order chi connectivity index (χ1) is 25.9. The minimum atomic E-state index is -1.60. The summed E-state index contributed by atoms with van der Waals surface area (Å²) in [5.41, 5.74) is 1.90. The number of piperidine rings is 1. The maximum Gasteiger partial charge on any atom is 0.180 e. The average Bonchev–Trinajstić information content (AvgIpc) is 3.56. The number of carbonyl (C=O) groups is 1.